The Labute approximate surface area is 217 Å². The molecule has 0 aliphatic carbocycles. The Hall–Kier alpha value is -4.46. The number of hydrogen-bond donors (Lipinski definition) is 3. The highest BCUT2D eigenvalue weighted by molar-refractivity contribution is 6.03. The summed E-state index contributed by atoms with van der Waals surface area (Å²) in [6, 6.07) is 24.5. The molecule has 1 aromatic heterocycles. The predicted molar refractivity (Wildman–Crippen MR) is 136 cm³/mol. The van der Waals surface area contributed by atoms with E-state index in [1.807, 2.05) is 42.5 Å². The molecule has 0 radical (unpaired) electrons. The number of aliphatic hydroxyl groups excluding tert-OH is 1. The molecule has 0 saturated carbocycles. The highest BCUT2D eigenvalue weighted by atomic mass is 19.4. The van der Waals surface area contributed by atoms with Crippen molar-refractivity contribution in [2.45, 2.75) is 25.2 Å². The summed E-state index contributed by atoms with van der Waals surface area (Å²) in [5, 5.41) is 28.5. The zero-order valence-electron chi connectivity index (χ0n) is 20.3. The third-order valence-electron chi connectivity index (χ3n) is 5.68. The number of amides is 1. The third-order valence-corrected chi connectivity index (χ3v) is 5.68. The maximum absolute atomic E-state index is 13.5. The lowest BCUT2D eigenvalue weighted by molar-refractivity contribution is -0.141. The van der Waals surface area contributed by atoms with Gasteiger partial charge in [0.05, 0.1) is 29.5 Å². The minimum Gasteiger partial charge on any atom is -0.392 e. The summed E-state index contributed by atoms with van der Waals surface area (Å²) in [4.78, 5) is 13.2. The summed E-state index contributed by atoms with van der Waals surface area (Å²) in [5.41, 5.74) is 0.851. The maximum atomic E-state index is 13.5. The molecule has 3 aromatic carbocycles. The van der Waals surface area contributed by atoms with Crippen LogP contribution in [0.3, 0.4) is 0 Å². The summed E-state index contributed by atoms with van der Waals surface area (Å²) in [6.07, 6.45) is -5.36. The fraction of sp³-hybridized carbons (Fsp3) is 0.179. The molecule has 0 bridgehead atoms. The lowest BCUT2D eigenvalue weighted by Gasteiger charge is -2.21. The van der Waals surface area contributed by atoms with Gasteiger partial charge >= 0.3 is 6.18 Å². The van der Waals surface area contributed by atoms with Gasteiger partial charge in [-0.2, -0.15) is 23.5 Å². The Balaban J connectivity index is 1.67. The van der Waals surface area contributed by atoms with Crippen LogP contribution in [0.1, 0.15) is 45.8 Å². The quantitative estimate of drug-likeness (QED) is 0.302. The fourth-order valence-electron chi connectivity index (χ4n) is 3.94. The maximum Gasteiger partial charge on any atom is 0.435 e. The van der Waals surface area contributed by atoms with Crippen molar-refractivity contribution in [2.75, 3.05) is 11.9 Å². The van der Waals surface area contributed by atoms with E-state index in [0.717, 1.165) is 15.8 Å². The molecule has 3 N–H and O–H groups in total. The molecule has 194 valence electrons. The van der Waals surface area contributed by atoms with E-state index in [-0.39, 0.29) is 23.0 Å². The normalized spacial score (nSPS) is 12.9. The Morgan fingerprint density at radius 3 is 2.42 bits per heavy atom. The number of alkyl halides is 3. The van der Waals surface area contributed by atoms with Crippen LogP contribution in [0.2, 0.25) is 0 Å². The van der Waals surface area contributed by atoms with E-state index in [4.69, 9.17) is 0 Å². The van der Waals surface area contributed by atoms with E-state index >= 15 is 0 Å². The van der Waals surface area contributed by atoms with Crippen LogP contribution in [0.25, 0.3) is 5.69 Å². The molecule has 4 aromatic rings. The Morgan fingerprint density at radius 2 is 1.74 bits per heavy atom. The number of carbonyl (C=O) groups excluding carboxylic acids is 1. The van der Waals surface area contributed by atoms with Crippen LogP contribution in [-0.4, -0.2) is 33.4 Å². The zero-order chi connectivity index (χ0) is 27.3. The highest BCUT2D eigenvalue weighted by Gasteiger charge is 2.36. The Kier molecular flexibility index (Phi) is 7.90. The molecule has 1 heterocycles. The number of carbonyl (C=O) groups is 1. The molecule has 0 aliphatic heterocycles. The van der Waals surface area contributed by atoms with Crippen LogP contribution in [0.5, 0.6) is 0 Å². The fourth-order valence-corrected chi connectivity index (χ4v) is 3.94. The molecule has 0 saturated heterocycles. The van der Waals surface area contributed by atoms with Crippen molar-refractivity contribution in [3.8, 4) is 11.8 Å². The summed E-state index contributed by atoms with van der Waals surface area (Å²) >= 11 is 0. The van der Waals surface area contributed by atoms with Crippen molar-refractivity contribution >= 4 is 11.6 Å². The SMILES string of the molecule is CC(O)CNC(c1ccccc1)c1cccc(NC(=O)c2cc(C(F)(F)F)nn2-c2cccc(C#N)c2)c1. The van der Waals surface area contributed by atoms with Crippen LogP contribution in [0, 0.1) is 11.3 Å². The van der Waals surface area contributed by atoms with Crippen LogP contribution < -0.4 is 10.6 Å². The summed E-state index contributed by atoms with van der Waals surface area (Å²) < 4.78 is 41.3. The molecule has 2 atom stereocenters. The standard InChI is InChI=1S/C28H24F3N5O2/c1-18(37)17-33-26(20-8-3-2-4-9-20)21-10-6-11-22(14-21)34-27(38)24-15-25(28(29,30)31)35-36(24)23-12-5-7-19(13-23)16-32/h2-15,18,26,33,37H,17H2,1H3,(H,34,38). The molecule has 1 amide bonds. The second kappa shape index (κ2) is 11.3. The lowest BCUT2D eigenvalue weighted by atomic mass is 9.98. The molecular weight excluding hydrogens is 495 g/mol. The lowest BCUT2D eigenvalue weighted by Crippen LogP contribution is -2.29. The van der Waals surface area contributed by atoms with Crippen molar-refractivity contribution in [3.63, 3.8) is 0 Å². The van der Waals surface area contributed by atoms with Crippen molar-refractivity contribution in [1.82, 2.24) is 15.1 Å². The minimum absolute atomic E-state index is 0.143. The highest BCUT2D eigenvalue weighted by Crippen LogP contribution is 2.30. The van der Waals surface area contributed by atoms with Crippen LogP contribution in [-0.2, 0) is 6.18 Å². The first-order chi connectivity index (χ1) is 18.2. The zero-order valence-corrected chi connectivity index (χ0v) is 20.3. The first-order valence-corrected chi connectivity index (χ1v) is 11.7. The third kappa shape index (κ3) is 6.26. The molecule has 2 unspecified atom stereocenters. The summed E-state index contributed by atoms with van der Waals surface area (Å²) in [6.45, 7) is 1.98. The van der Waals surface area contributed by atoms with Crippen molar-refractivity contribution < 1.29 is 23.1 Å². The number of halogens is 3. The molecule has 4 rings (SSSR count). The van der Waals surface area contributed by atoms with Crippen molar-refractivity contribution in [2.24, 2.45) is 0 Å². The van der Waals surface area contributed by atoms with Crippen LogP contribution >= 0.6 is 0 Å². The van der Waals surface area contributed by atoms with Crippen molar-refractivity contribution in [1.29, 1.82) is 5.26 Å². The largest absolute Gasteiger partial charge is 0.435 e. The van der Waals surface area contributed by atoms with Gasteiger partial charge in [0.2, 0.25) is 0 Å². The van der Waals surface area contributed by atoms with Crippen molar-refractivity contribution in [3.05, 3.63) is 113 Å². The molecule has 0 spiro atoms. The number of rotatable bonds is 8. The molecule has 7 nitrogen and oxygen atoms in total. The van der Waals surface area contributed by atoms with E-state index in [2.05, 4.69) is 15.7 Å². The van der Waals surface area contributed by atoms with E-state index in [9.17, 15) is 28.3 Å². The number of nitrogens with zero attached hydrogens (tertiary/aromatic N) is 3. The average molecular weight is 520 g/mol. The Morgan fingerprint density at radius 1 is 1.03 bits per heavy atom. The van der Waals surface area contributed by atoms with Crippen LogP contribution in [0.4, 0.5) is 18.9 Å². The molecule has 10 heteroatoms. The number of nitrogens with one attached hydrogen (secondary N) is 2. The van der Waals surface area contributed by atoms with E-state index in [1.54, 1.807) is 25.1 Å². The van der Waals surface area contributed by atoms with Crippen LogP contribution in [0.15, 0.2) is 84.9 Å². The van der Waals surface area contributed by atoms with E-state index in [1.165, 1.54) is 24.3 Å². The second-order valence-corrected chi connectivity index (χ2v) is 8.67. The van der Waals surface area contributed by atoms with Gasteiger partial charge in [-0.3, -0.25) is 4.79 Å². The van der Waals surface area contributed by atoms with Gasteiger partial charge in [-0.1, -0.05) is 48.5 Å². The number of aromatic nitrogens is 2. The van der Waals surface area contributed by atoms with Gasteiger partial charge in [0.1, 0.15) is 5.69 Å². The summed E-state index contributed by atoms with van der Waals surface area (Å²) in [5.74, 6) is -0.805. The first-order valence-electron chi connectivity index (χ1n) is 11.7. The van der Waals surface area contributed by atoms with Gasteiger partial charge < -0.3 is 15.7 Å². The smallest absolute Gasteiger partial charge is 0.392 e. The van der Waals surface area contributed by atoms with Gasteiger partial charge in [-0.05, 0) is 48.4 Å². The first kappa shape index (κ1) is 26.6. The van der Waals surface area contributed by atoms with Gasteiger partial charge in [0.25, 0.3) is 5.91 Å². The van der Waals surface area contributed by atoms with Gasteiger partial charge in [-0.15, -0.1) is 0 Å². The second-order valence-electron chi connectivity index (χ2n) is 8.67. The van der Waals surface area contributed by atoms with E-state index < -0.39 is 23.9 Å². The Bertz CT molecular complexity index is 1460. The summed E-state index contributed by atoms with van der Waals surface area (Å²) in [7, 11) is 0. The monoisotopic (exact) mass is 519 g/mol. The van der Waals surface area contributed by atoms with E-state index in [0.29, 0.717) is 18.3 Å². The number of hydrogen-bond acceptors (Lipinski definition) is 5. The average Bonchev–Trinajstić information content (AvgIpc) is 3.36. The topological polar surface area (TPSA) is 103 Å². The number of anilines is 1. The molecule has 38 heavy (non-hydrogen) atoms. The molecule has 0 aliphatic rings. The number of nitriles is 1. The predicted octanol–water partition coefficient (Wildman–Crippen LogP) is 5.07. The van der Waals surface area contributed by atoms with Gasteiger partial charge in [0, 0.05) is 18.3 Å². The minimum atomic E-state index is -4.77. The number of benzene rings is 3. The molecular formula is C28H24F3N5O2. The van der Waals surface area contributed by atoms with Gasteiger partial charge in [-0.25, -0.2) is 4.68 Å². The molecule has 0 fully saturated rings. The van der Waals surface area contributed by atoms with Gasteiger partial charge in [0.15, 0.2) is 5.69 Å². The number of aliphatic hydroxyl groups is 1.